The third-order valence-corrected chi connectivity index (χ3v) is 3.09. The third kappa shape index (κ3) is 4.68. The molecule has 1 aromatic carbocycles. The Labute approximate surface area is 120 Å². The second-order valence-electron chi connectivity index (χ2n) is 5.71. The first-order valence-corrected chi connectivity index (χ1v) is 6.90. The average molecular weight is 277 g/mol. The summed E-state index contributed by atoms with van der Waals surface area (Å²) in [5, 5.41) is 9.02. The first-order chi connectivity index (χ1) is 9.31. The number of aryl methyl sites for hydroxylation is 1. The molecule has 0 saturated carbocycles. The standard InChI is InChI=1S/C16H23NO3/c1-11(2)9-17(10-13(4)16(19)20)15(18)14-7-5-12(3)6-8-14/h5-8,11,13H,9-10H2,1-4H3,(H,19,20). The molecule has 1 aromatic rings. The number of benzene rings is 1. The maximum Gasteiger partial charge on any atom is 0.308 e. The van der Waals surface area contributed by atoms with Gasteiger partial charge >= 0.3 is 5.97 Å². The lowest BCUT2D eigenvalue weighted by molar-refractivity contribution is -0.141. The molecule has 0 heterocycles. The fourth-order valence-electron chi connectivity index (χ4n) is 1.97. The largest absolute Gasteiger partial charge is 0.481 e. The Morgan fingerprint density at radius 2 is 1.65 bits per heavy atom. The molecule has 110 valence electrons. The number of carbonyl (C=O) groups is 2. The van der Waals surface area contributed by atoms with Gasteiger partial charge in [-0.25, -0.2) is 0 Å². The van der Waals surface area contributed by atoms with Crippen molar-refractivity contribution in [1.29, 1.82) is 0 Å². The van der Waals surface area contributed by atoms with Gasteiger partial charge in [0.2, 0.25) is 0 Å². The molecule has 0 aromatic heterocycles. The van der Waals surface area contributed by atoms with Gasteiger partial charge in [-0.2, -0.15) is 0 Å². The highest BCUT2D eigenvalue weighted by atomic mass is 16.4. The summed E-state index contributed by atoms with van der Waals surface area (Å²) in [5.41, 5.74) is 1.70. The maximum atomic E-state index is 12.5. The molecule has 1 unspecified atom stereocenters. The summed E-state index contributed by atoms with van der Waals surface area (Å²) in [6.45, 7) is 8.41. The summed E-state index contributed by atoms with van der Waals surface area (Å²) >= 11 is 0. The fourth-order valence-corrected chi connectivity index (χ4v) is 1.97. The van der Waals surface area contributed by atoms with Crippen molar-refractivity contribution < 1.29 is 14.7 Å². The Balaban J connectivity index is 2.89. The van der Waals surface area contributed by atoms with Gasteiger partial charge < -0.3 is 10.0 Å². The first kappa shape index (κ1) is 16.2. The fraction of sp³-hybridized carbons (Fsp3) is 0.500. The van der Waals surface area contributed by atoms with E-state index >= 15 is 0 Å². The van der Waals surface area contributed by atoms with Crippen molar-refractivity contribution in [3.63, 3.8) is 0 Å². The minimum atomic E-state index is -0.879. The Morgan fingerprint density at radius 1 is 1.10 bits per heavy atom. The molecule has 1 N–H and O–H groups in total. The summed E-state index contributed by atoms with van der Waals surface area (Å²) in [6.07, 6.45) is 0. The minimum Gasteiger partial charge on any atom is -0.481 e. The summed E-state index contributed by atoms with van der Waals surface area (Å²) in [7, 11) is 0. The summed E-state index contributed by atoms with van der Waals surface area (Å²) in [5.74, 6) is -1.25. The van der Waals surface area contributed by atoms with Crippen molar-refractivity contribution in [1.82, 2.24) is 4.90 Å². The Morgan fingerprint density at radius 3 is 2.10 bits per heavy atom. The van der Waals surface area contributed by atoms with Crippen LogP contribution in [0.5, 0.6) is 0 Å². The highest BCUT2D eigenvalue weighted by Gasteiger charge is 2.22. The van der Waals surface area contributed by atoms with Crippen molar-refractivity contribution in [2.24, 2.45) is 11.8 Å². The molecule has 0 aliphatic carbocycles. The van der Waals surface area contributed by atoms with E-state index in [1.165, 1.54) is 0 Å². The molecule has 0 spiro atoms. The lowest BCUT2D eigenvalue weighted by atomic mass is 10.1. The molecular formula is C16H23NO3. The van der Waals surface area contributed by atoms with Crippen LogP contribution < -0.4 is 0 Å². The molecule has 0 bridgehead atoms. The highest BCUT2D eigenvalue weighted by Crippen LogP contribution is 2.12. The van der Waals surface area contributed by atoms with Crippen LogP contribution in [0.15, 0.2) is 24.3 Å². The van der Waals surface area contributed by atoms with Gasteiger partial charge in [-0.05, 0) is 25.0 Å². The number of hydrogen-bond donors (Lipinski definition) is 1. The van der Waals surface area contributed by atoms with Gasteiger partial charge in [-0.15, -0.1) is 0 Å². The predicted molar refractivity (Wildman–Crippen MR) is 78.7 cm³/mol. The molecule has 0 aliphatic rings. The number of amides is 1. The number of carboxylic acid groups (broad SMARTS) is 1. The van der Waals surface area contributed by atoms with Crippen LogP contribution in [-0.2, 0) is 4.79 Å². The smallest absolute Gasteiger partial charge is 0.308 e. The zero-order valence-electron chi connectivity index (χ0n) is 12.6. The monoisotopic (exact) mass is 277 g/mol. The van der Waals surface area contributed by atoms with Crippen molar-refractivity contribution in [3.8, 4) is 0 Å². The molecule has 0 saturated heterocycles. The first-order valence-electron chi connectivity index (χ1n) is 6.90. The van der Waals surface area contributed by atoms with E-state index in [4.69, 9.17) is 5.11 Å². The SMILES string of the molecule is Cc1ccc(C(=O)N(CC(C)C)CC(C)C(=O)O)cc1. The van der Waals surface area contributed by atoms with E-state index in [0.29, 0.717) is 18.0 Å². The van der Waals surface area contributed by atoms with Crippen LogP contribution in [0.3, 0.4) is 0 Å². The lowest BCUT2D eigenvalue weighted by Gasteiger charge is -2.26. The van der Waals surface area contributed by atoms with Crippen molar-refractivity contribution in [2.45, 2.75) is 27.7 Å². The maximum absolute atomic E-state index is 12.5. The minimum absolute atomic E-state index is 0.105. The van der Waals surface area contributed by atoms with E-state index in [2.05, 4.69) is 0 Å². The van der Waals surface area contributed by atoms with Crippen molar-refractivity contribution >= 4 is 11.9 Å². The molecule has 0 radical (unpaired) electrons. The van der Waals surface area contributed by atoms with E-state index in [-0.39, 0.29) is 12.5 Å². The molecule has 1 rings (SSSR count). The van der Waals surface area contributed by atoms with Crippen LogP contribution in [0.1, 0.15) is 36.7 Å². The van der Waals surface area contributed by atoms with Gasteiger partial charge in [0.15, 0.2) is 0 Å². The highest BCUT2D eigenvalue weighted by molar-refractivity contribution is 5.94. The summed E-state index contributed by atoms with van der Waals surface area (Å²) in [6, 6.07) is 7.36. The van der Waals surface area contributed by atoms with Gasteiger partial charge in [-0.1, -0.05) is 38.5 Å². The normalized spacial score (nSPS) is 12.2. The third-order valence-electron chi connectivity index (χ3n) is 3.09. The number of aliphatic carboxylic acids is 1. The molecule has 0 fully saturated rings. The number of nitrogens with zero attached hydrogens (tertiary/aromatic N) is 1. The molecule has 1 atom stereocenters. The number of carboxylic acids is 1. The van der Waals surface area contributed by atoms with Crippen LogP contribution in [0, 0.1) is 18.8 Å². The molecular weight excluding hydrogens is 254 g/mol. The van der Waals surface area contributed by atoms with Crippen LogP contribution in [0.2, 0.25) is 0 Å². The van der Waals surface area contributed by atoms with Gasteiger partial charge in [0.1, 0.15) is 0 Å². The predicted octanol–water partition coefficient (Wildman–Crippen LogP) is 2.81. The van der Waals surface area contributed by atoms with Crippen molar-refractivity contribution in [3.05, 3.63) is 35.4 Å². The van der Waals surface area contributed by atoms with Gasteiger partial charge in [0.05, 0.1) is 5.92 Å². The van der Waals surface area contributed by atoms with Crippen LogP contribution in [0.25, 0.3) is 0 Å². The zero-order valence-corrected chi connectivity index (χ0v) is 12.6. The molecule has 0 aliphatic heterocycles. The van der Waals surface area contributed by atoms with Gasteiger partial charge in [0.25, 0.3) is 5.91 Å². The Hall–Kier alpha value is -1.84. The van der Waals surface area contributed by atoms with Crippen LogP contribution in [0.4, 0.5) is 0 Å². The summed E-state index contributed by atoms with van der Waals surface area (Å²) < 4.78 is 0. The molecule has 1 amide bonds. The number of hydrogen-bond acceptors (Lipinski definition) is 2. The zero-order chi connectivity index (χ0) is 15.3. The second-order valence-corrected chi connectivity index (χ2v) is 5.71. The lowest BCUT2D eigenvalue weighted by Crippen LogP contribution is -2.39. The number of rotatable bonds is 6. The van der Waals surface area contributed by atoms with Crippen LogP contribution >= 0.6 is 0 Å². The molecule has 4 heteroatoms. The van der Waals surface area contributed by atoms with E-state index < -0.39 is 11.9 Å². The van der Waals surface area contributed by atoms with Crippen LogP contribution in [-0.4, -0.2) is 35.0 Å². The molecule has 4 nitrogen and oxygen atoms in total. The van der Waals surface area contributed by atoms with E-state index in [9.17, 15) is 9.59 Å². The van der Waals surface area contributed by atoms with Gasteiger partial charge in [-0.3, -0.25) is 9.59 Å². The van der Waals surface area contributed by atoms with E-state index in [0.717, 1.165) is 5.56 Å². The average Bonchev–Trinajstić information content (AvgIpc) is 2.37. The quantitative estimate of drug-likeness (QED) is 0.870. The topological polar surface area (TPSA) is 57.6 Å². The van der Waals surface area contributed by atoms with E-state index in [1.54, 1.807) is 24.0 Å². The summed E-state index contributed by atoms with van der Waals surface area (Å²) in [4.78, 5) is 25.1. The Kier molecular flexibility index (Phi) is 5.74. The van der Waals surface area contributed by atoms with Gasteiger partial charge in [0, 0.05) is 18.7 Å². The van der Waals surface area contributed by atoms with E-state index in [1.807, 2.05) is 32.9 Å². The molecule has 20 heavy (non-hydrogen) atoms. The second kappa shape index (κ2) is 7.08. The Bertz CT molecular complexity index is 465. The number of carbonyl (C=O) groups excluding carboxylic acids is 1. The van der Waals surface area contributed by atoms with Crippen molar-refractivity contribution in [2.75, 3.05) is 13.1 Å².